The highest BCUT2D eigenvalue weighted by molar-refractivity contribution is 7.61. The van der Waals surface area contributed by atoms with Crippen LogP contribution in [0.3, 0.4) is 0 Å². The van der Waals surface area contributed by atoms with Crippen molar-refractivity contribution in [1.29, 1.82) is 0 Å². The van der Waals surface area contributed by atoms with Gasteiger partial charge in [0.1, 0.15) is 0 Å². The lowest BCUT2D eigenvalue weighted by Gasteiger charge is -2.17. The van der Waals surface area contributed by atoms with Gasteiger partial charge >= 0.3 is 15.6 Å². The first-order valence-electron chi connectivity index (χ1n) is 9.58. The second-order valence-corrected chi connectivity index (χ2v) is 10.4. The number of allylic oxidation sites excluding steroid dienone is 5. The van der Waals surface area contributed by atoms with E-state index in [-0.39, 0.29) is 13.2 Å². The van der Waals surface area contributed by atoms with Crippen molar-refractivity contribution in [1.82, 2.24) is 0 Å². The van der Waals surface area contributed by atoms with Gasteiger partial charge in [0.05, 0.1) is 13.2 Å². The van der Waals surface area contributed by atoms with Crippen LogP contribution in [0.4, 0.5) is 0 Å². The van der Waals surface area contributed by atoms with E-state index < -0.39 is 15.6 Å². The Labute approximate surface area is 175 Å². The van der Waals surface area contributed by atoms with Crippen LogP contribution < -0.4 is 0 Å². The first kappa shape index (κ1) is 28.2. The summed E-state index contributed by atoms with van der Waals surface area (Å²) >= 11 is 0. The molecule has 2 N–H and O–H groups in total. The predicted molar refractivity (Wildman–Crippen MR) is 117 cm³/mol. The lowest BCUT2D eigenvalue weighted by molar-refractivity contribution is 0.150. The zero-order valence-electron chi connectivity index (χ0n) is 18.2. The fourth-order valence-corrected chi connectivity index (χ4v) is 4.22. The van der Waals surface area contributed by atoms with Gasteiger partial charge in [0, 0.05) is 0 Å². The minimum atomic E-state index is -5.03. The molecule has 0 aliphatic rings. The van der Waals surface area contributed by atoms with Crippen LogP contribution in [0.15, 0.2) is 47.1 Å². The molecule has 0 aromatic heterocycles. The topological polar surface area (TPSA) is 102 Å². The van der Waals surface area contributed by atoms with Gasteiger partial charge in [0.15, 0.2) is 0 Å². The third-order valence-corrected chi connectivity index (χ3v) is 6.39. The van der Waals surface area contributed by atoms with Crippen LogP contribution in [-0.4, -0.2) is 23.0 Å². The molecule has 0 aliphatic carbocycles. The van der Waals surface area contributed by atoms with Crippen LogP contribution in [-0.2, 0) is 22.5 Å². The summed E-state index contributed by atoms with van der Waals surface area (Å²) in [6.07, 6.45) is 10.2. The molecule has 168 valence electrons. The standard InChI is InChI=1S/C20H36O7P2/c1-17(2)9-7-10-19(5)11-8-12-20(6)14-16-26-29(24,27-28(21,22)23)25-15-13-18(3)4/h9,11,14H,3,7-8,10,12-13,15-16H2,1-2,4-6H3,(H2,21,22,23). The van der Waals surface area contributed by atoms with Crippen LogP contribution in [0.1, 0.15) is 66.7 Å². The van der Waals surface area contributed by atoms with Gasteiger partial charge in [-0.15, -0.1) is 6.58 Å². The van der Waals surface area contributed by atoms with E-state index in [1.807, 2.05) is 6.92 Å². The fraction of sp³-hybridized carbons (Fsp3) is 0.600. The van der Waals surface area contributed by atoms with Crippen molar-refractivity contribution in [2.45, 2.75) is 66.7 Å². The first-order chi connectivity index (χ1) is 13.3. The Hall–Kier alpha value is -0.780. The molecule has 0 fully saturated rings. The number of phosphoric acid groups is 2. The summed E-state index contributed by atoms with van der Waals surface area (Å²) in [7, 11) is -9.41. The van der Waals surface area contributed by atoms with Crippen LogP contribution in [0, 0.1) is 0 Å². The smallest absolute Gasteiger partial charge is 0.302 e. The molecule has 0 rings (SSSR count). The summed E-state index contributed by atoms with van der Waals surface area (Å²) in [6.45, 7) is 13.4. The SMILES string of the molecule is C=C(C)CCOP(=O)(OCC=C(C)CCC=C(C)CCC=C(C)C)OP(=O)(O)O. The van der Waals surface area contributed by atoms with Crippen molar-refractivity contribution in [2.24, 2.45) is 0 Å². The Morgan fingerprint density at radius 1 is 0.862 bits per heavy atom. The van der Waals surface area contributed by atoms with E-state index in [1.165, 1.54) is 11.1 Å². The van der Waals surface area contributed by atoms with Gasteiger partial charge in [0.2, 0.25) is 0 Å². The molecule has 0 aliphatic heterocycles. The minimum Gasteiger partial charge on any atom is -0.302 e. The van der Waals surface area contributed by atoms with Gasteiger partial charge < -0.3 is 9.79 Å². The van der Waals surface area contributed by atoms with E-state index in [9.17, 15) is 9.13 Å². The molecular weight excluding hydrogens is 414 g/mol. The van der Waals surface area contributed by atoms with E-state index in [1.54, 1.807) is 13.0 Å². The zero-order valence-corrected chi connectivity index (χ0v) is 20.0. The molecular formula is C20H36O7P2. The van der Waals surface area contributed by atoms with E-state index >= 15 is 0 Å². The van der Waals surface area contributed by atoms with E-state index in [0.29, 0.717) is 6.42 Å². The maximum atomic E-state index is 12.4. The molecule has 0 heterocycles. The lowest BCUT2D eigenvalue weighted by Crippen LogP contribution is -2.01. The lowest BCUT2D eigenvalue weighted by atomic mass is 10.1. The monoisotopic (exact) mass is 450 g/mol. The molecule has 0 spiro atoms. The fourth-order valence-electron chi connectivity index (χ4n) is 2.16. The van der Waals surface area contributed by atoms with Crippen molar-refractivity contribution in [3.63, 3.8) is 0 Å². The molecule has 7 nitrogen and oxygen atoms in total. The largest absolute Gasteiger partial charge is 0.484 e. The summed E-state index contributed by atoms with van der Waals surface area (Å²) in [5, 5.41) is 0. The Bertz CT molecular complexity index is 698. The van der Waals surface area contributed by atoms with Gasteiger partial charge in [-0.05, 0) is 66.7 Å². The summed E-state index contributed by atoms with van der Waals surface area (Å²) < 4.78 is 37.8. The Balaban J connectivity index is 4.58. The summed E-state index contributed by atoms with van der Waals surface area (Å²) in [5.41, 5.74) is 4.42. The number of hydrogen-bond donors (Lipinski definition) is 2. The van der Waals surface area contributed by atoms with Crippen molar-refractivity contribution in [2.75, 3.05) is 13.2 Å². The highest BCUT2D eigenvalue weighted by Gasteiger charge is 2.35. The van der Waals surface area contributed by atoms with Gasteiger partial charge in [-0.25, -0.2) is 9.13 Å². The van der Waals surface area contributed by atoms with E-state index in [0.717, 1.165) is 36.8 Å². The maximum Gasteiger partial charge on any atom is 0.484 e. The molecule has 29 heavy (non-hydrogen) atoms. The summed E-state index contributed by atoms with van der Waals surface area (Å²) in [5.74, 6) is 0. The third kappa shape index (κ3) is 17.8. The summed E-state index contributed by atoms with van der Waals surface area (Å²) in [4.78, 5) is 17.9. The second-order valence-electron chi connectivity index (χ2n) is 7.32. The molecule has 1 unspecified atom stereocenters. The Morgan fingerprint density at radius 2 is 1.41 bits per heavy atom. The first-order valence-corrected chi connectivity index (χ1v) is 12.6. The molecule has 0 saturated carbocycles. The van der Waals surface area contributed by atoms with Gasteiger partial charge in [-0.2, -0.15) is 4.31 Å². The average Bonchev–Trinajstić information content (AvgIpc) is 2.52. The maximum absolute atomic E-state index is 12.4. The number of hydrogen-bond acceptors (Lipinski definition) is 5. The van der Waals surface area contributed by atoms with Crippen LogP contribution >= 0.6 is 15.6 Å². The predicted octanol–water partition coefficient (Wildman–Crippen LogP) is 6.62. The molecule has 0 radical (unpaired) electrons. The summed E-state index contributed by atoms with van der Waals surface area (Å²) in [6, 6.07) is 0. The molecule has 0 aromatic rings. The van der Waals surface area contributed by atoms with Gasteiger partial charge in [-0.3, -0.25) is 9.05 Å². The van der Waals surface area contributed by atoms with E-state index in [2.05, 4.69) is 43.8 Å². The molecule has 0 bridgehead atoms. The van der Waals surface area contributed by atoms with Crippen molar-refractivity contribution < 1.29 is 32.3 Å². The van der Waals surface area contributed by atoms with Crippen LogP contribution in [0.5, 0.6) is 0 Å². The van der Waals surface area contributed by atoms with Crippen molar-refractivity contribution in [3.8, 4) is 0 Å². The van der Waals surface area contributed by atoms with Gasteiger partial charge in [-0.1, -0.05) is 40.5 Å². The minimum absolute atomic E-state index is 0.0773. The van der Waals surface area contributed by atoms with E-state index in [4.69, 9.17) is 18.8 Å². The molecule has 0 aromatic carbocycles. The molecule has 1 atom stereocenters. The zero-order chi connectivity index (χ0) is 22.5. The Morgan fingerprint density at radius 3 is 1.93 bits per heavy atom. The molecule has 0 saturated heterocycles. The Kier molecular flexibility index (Phi) is 13.9. The number of phosphoric ester groups is 1. The third-order valence-electron chi connectivity index (χ3n) is 3.77. The molecule has 0 amide bonds. The average molecular weight is 450 g/mol. The highest BCUT2D eigenvalue weighted by Crippen LogP contribution is 2.61. The second kappa shape index (κ2) is 14.3. The van der Waals surface area contributed by atoms with Gasteiger partial charge in [0.25, 0.3) is 0 Å². The normalized spacial score (nSPS) is 15.1. The van der Waals surface area contributed by atoms with Crippen molar-refractivity contribution >= 4 is 15.6 Å². The number of rotatable bonds is 15. The molecule has 9 heteroatoms. The van der Waals surface area contributed by atoms with Crippen LogP contribution in [0.2, 0.25) is 0 Å². The van der Waals surface area contributed by atoms with Crippen LogP contribution in [0.25, 0.3) is 0 Å². The van der Waals surface area contributed by atoms with Crippen molar-refractivity contribution in [3.05, 3.63) is 47.1 Å². The quantitative estimate of drug-likeness (QED) is 0.213. The highest BCUT2D eigenvalue weighted by atomic mass is 31.3.